The summed E-state index contributed by atoms with van der Waals surface area (Å²) in [5.74, 6) is 0.815. The number of rotatable bonds is 5. The Morgan fingerprint density at radius 1 is 1.13 bits per heavy atom. The van der Waals surface area contributed by atoms with Gasteiger partial charge < -0.3 is 10.2 Å². The Hall–Kier alpha value is -3.29. The van der Waals surface area contributed by atoms with Gasteiger partial charge in [0, 0.05) is 49.7 Å². The maximum atomic E-state index is 12.5. The molecule has 0 saturated carbocycles. The van der Waals surface area contributed by atoms with Gasteiger partial charge in [-0.15, -0.1) is 0 Å². The first-order chi connectivity index (χ1) is 14.5. The Kier molecular flexibility index (Phi) is 5.74. The molecule has 0 spiro atoms. The van der Waals surface area contributed by atoms with Crippen LogP contribution >= 0.6 is 0 Å². The summed E-state index contributed by atoms with van der Waals surface area (Å²) in [5, 5.41) is 7.50. The van der Waals surface area contributed by atoms with Gasteiger partial charge in [0.05, 0.1) is 23.6 Å². The smallest absolute Gasteiger partial charge is 0.225 e. The average molecular weight is 406 g/mol. The van der Waals surface area contributed by atoms with E-state index in [4.69, 9.17) is 4.98 Å². The molecule has 1 amide bonds. The fraction of sp³-hybridized carbons (Fsp3) is 0.409. The van der Waals surface area contributed by atoms with Crippen LogP contribution in [0.2, 0.25) is 0 Å². The lowest BCUT2D eigenvalue weighted by atomic mass is 9.96. The van der Waals surface area contributed by atoms with E-state index in [0.29, 0.717) is 12.5 Å². The Bertz CT molecular complexity index is 1020. The van der Waals surface area contributed by atoms with Crippen LogP contribution in [0.3, 0.4) is 0 Å². The van der Waals surface area contributed by atoms with Gasteiger partial charge >= 0.3 is 0 Å². The predicted molar refractivity (Wildman–Crippen MR) is 115 cm³/mol. The van der Waals surface area contributed by atoms with Gasteiger partial charge in [-0.3, -0.25) is 14.5 Å². The standard InChI is InChI=1S/C22H27N7O/c1-15-20(16(2)28(3)27-15)19-7-11-24-22(26-19)29-12-8-17(9-13-29)21(30)25-14-18-6-4-5-10-23-18/h4-7,10-11,17H,8-9,12-14H2,1-3H3,(H,25,30). The van der Waals surface area contributed by atoms with Crippen LogP contribution in [-0.4, -0.2) is 43.7 Å². The molecule has 0 atom stereocenters. The normalized spacial score (nSPS) is 14.7. The van der Waals surface area contributed by atoms with Crippen molar-refractivity contribution in [2.24, 2.45) is 13.0 Å². The minimum absolute atomic E-state index is 0.0101. The van der Waals surface area contributed by atoms with Crippen molar-refractivity contribution < 1.29 is 4.79 Å². The number of aryl methyl sites for hydroxylation is 2. The van der Waals surface area contributed by atoms with Gasteiger partial charge in [0.1, 0.15) is 0 Å². The van der Waals surface area contributed by atoms with Gasteiger partial charge in [0.2, 0.25) is 11.9 Å². The molecule has 3 aromatic heterocycles. The van der Waals surface area contributed by atoms with Crippen molar-refractivity contribution in [3.63, 3.8) is 0 Å². The number of aromatic nitrogens is 5. The molecule has 8 heteroatoms. The van der Waals surface area contributed by atoms with Crippen molar-refractivity contribution in [1.29, 1.82) is 0 Å². The molecule has 0 bridgehead atoms. The lowest BCUT2D eigenvalue weighted by molar-refractivity contribution is -0.125. The van der Waals surface area contributed by atoms with Crippen LogP contribution in [0.1, 0.15) is 29.9 Å². The van der Waals surface area contributed by atoms with Crippen LogP contribution in [0.5, 0.6) is 0 Å². The van der Waals surface area contributed by atoms with Gasteiger partial charge in [0.15, 0.2) is 0 Å². The molecule has 1 fully saturated rings. The van der Waals surface area contributed by atoms with Gasteiger partial charge in [0.25, 0.3) is 0 Å². The lowest BCUT2D eigenvalue weighted by Gasteiger charge is -2.31. The molecule has 1 aliphatic rings. The minimum atomic E-state index is 0.0101. The van der Waals surface area contributed by atoms with Crippen molar-refractivity contribution in [2.45, 2.75) is 33.2 Å². The third-order valence-electron chi connectivity index (χ3n) is 5.73. The summed E-state index contributed by atoms with van der Waals surface area (Å²) in [6.07, 6.45) is 5.11. The SMILES string of the molecule is Cc1nn(C)c(C)c1-c1ccnc(N2CCC(C(=O)NCc3ccccn3)CC2)n1. The van der Waals surface area contributed by atoms with E-state index in [2.05, 4.69) is 25.3 Å². The number of hydrogen-bond donors (Lipinski definition) is 1. The van der Waals surface area contributed by atoms with Crippen molar-refractivity contribution in [2.75, 3.05) is 18.0 Å². The number of anilines is 1. The molecular formula is C22H27N7O. The van der Waals surface area contributed by atoms with Gasteiger partial charge in [-0.1, -0.05) is 6.07 Å². The highest BCUT2D eigenvalue weighted by atomic mass is 16.1. The molecule has 1 N–H and O–H groups in total. The van der Waals surface area contributed by atoms with E-state index < -0.39 is 0 Å². The van der Waals surface area contributed by atoms with E-state index in [1.807, 2.05) is 49.8 Å². The van der Waals surface area contributed by atoms with Crippen molar-refractivity contribution in [1.82, 2.24) is 30.0 Å². The van der Waals surface area contributed by atoms with Crippen molar-refractivity contribution in [3.8, 4) is 11.3 Å². The van der Waals surface area contributed by atoms with Crippen LogP contribution in [0, 0.1) is 19.8 Å². The summed E-state index contributed by atoms with van der Waals surface area (Å²) in [6, 6.07) is 7.64. The number of hydrogen-bond acceptors (Lipinski definition) is 6. The Morgan fingerprint density at radius 2 is 1.93 bits per heavy atom. The first-order valence-corrected chi connectivity index (χ1v) is 10.3. The van der Waals surface area contributed by atoms with Gasteiger partial charge in [-0.2, -0.15) is 5.10 Å². The van der Waals surface area contributed by atoms with Crippen LogP contribution in [-0.2, 0) is 18.4 Å². The first-order valence-electron chi connectivity index (χ1n) is 10.3. The Balaban J connectivity index is 1.38. The predicted octanol–water partition coefficient (Wildman–Crippen LogP) is 2.42. The van der Waals surface area contributed by atoms with E-state index in [1.54, 1.807) is 12.4 Å². The molecule has 156 valence electrons. The van der Waals surface area contributed by atoms with Crippen molar-refractivity contribution in [3.05, 3.63) is 53.7 Å². The van der Waals surface area contributed by atoms with Crippen LogP contribution in [0.4, 0.5) is 5.95 Å². The second-order valence-corrected chi connectivity index (χ2v) is 7.71. The molecule has 0 aliphatic carbocycles. The summed E-state index contributed by atoms with van der Waals surface area (Å²) in [6.45, 7) is 6.03. The summed E-state index contributed by atoms with van der Waals surface area (Å²) in [5.41, 5.74) is 4.86. The average Bonchev–Trinajstić information content (AvgIpc) is 3.04. The number of carbonyl (C=O) groups excluding carboxylic acids is 1. The molecule has 4 rings (SSSR count). The molecule has 0 radical (unpaired) electrons. The topological polar surface area (TPSA) is 88.8 Å². The summed E-state index contributed by atoms with van der Waals surface area (Å²) in [7, 11) is 1.94. The first kappa shape index (κ1) is 20.0. The summed E-state index contributed by atoms with van der Waals surface area (Å²) >= 11 is 0. The molecule has 0 unspecified atom stereocenters. The van der Waals surface area contributed by atoms with Gasteiger partial charge in [-0.25, -0.2) is 9.97 Å². The molecule has 1 aliphatic heterocycles. The number of nitrogens with zero attached hydrogens (tertiary/aromatic N) is 6. The molecule has 30 heavy (non-hydrogen) atoms. The number of carbonyl (C=O) groups is 1. The highest BCUT2D eigenvalue weighted by Gasteiger charge is 2.26. The van der Waals surface area contributed by atoms with Crippen LogP contribution in [0.25, 0.3) is 11.3 Å². The minimum Gasteiger partial charge on any atom is -0.350 e. The second kappa shape index (κ2) is 8.61. The third kappa shape index (κ3) is 4.17. The molecule has 8 nitrogen and oxygen atoms in total. The number of piperidine rings is 1. The Labute approximate surface area is 176 Å². The number of nitrogens with one attached hydrogen (secondary N) is 1. The van der Waals surface area contributed by atoms with E-state index >= 15 is 0 Å². The molecular weight excluding hydrogens is 378 g/mol. The highest BCUT2D eigenvalue weighted by molar-refractivity contribution is 5.78. The maximum absolute atomic E-state index is 12.5. The quantitative estimate of drug-likeness (QED) is 0.701. The van der Waals surface area contributed by atoms with E-state index in [9.17, 15) is 4.79 Å². The van der Waals surface area contributed by atoms with Gasteiger partial charge in [-0.05, 0) is 44.9 Å². The summed E-state index contributed by atoms with van der Waals surface area (Å²) in [4.78, 5) is 28.2. The zero-order valence-corrected chi connectivity index (χ0v) is 17.7. The third-order valence-corrected chi connectivity index (χ3v) is 5.73. The summed E-state index contributed by atoms with van der Waals surface area (Å²) < 4.78 is 1.88. The zero-order chi connectivity index (χ0) is 21.1. The second-order valence-electron chi connectivity index (χ2n) is 7.71. The van der Waals surface area contributed by atoms with Crippen LogP contribution < -0.4 is 10.2 Å². The molecule has 1 saturated heterocycles. The number of pyridine rings is 1. The van der Waals surface area contributed by atoms with E-state index in [0.717, 1.165) is 54.3 Å². The molecule has 4 heterocycles. The highest BCUT2D eigenvalue weighted by Crippen LogP contribution is 2.27. The lowest BCUT2D eigenvalue weighted by Crippen LogP contribution is -2.41. The maximum Gasteiger partial charge on any atom is 0.225 e. The largest absolute Gasteiger partial charge is 0.350 e. The zero-order valence-electron chi connectivity index (χ0n) is 17.7. The fourth-order valence-electron chi connectivity index (χ4n) is 3.95. The van der Waals surface area contributed by atoms with E-state index in [1.165, 1.54) is 0 Å². The van der Waals surface area contributed by atoms with Crippen molar-refractivity contribution >= 4 is 11.9 Å². The monoisotopic (exact) mass is 405 g/mol. The molecule has 0 aromatic carbocycles. The molecule has 3 aromatic rings. The van der Waals surface area contributed by atoms with E-state index in [-0.39, 0.29) is 11.8 Å². The van der Waals surface area contributed by atoms with Crippen LogP contribution in [0.15, 0.2) is 36.7 Å². The Morgan fingerprint density at radius 3 is 2.60 bits per heavy atom. The fourth-order valence-corrected chi connectivity index (χ4v) is 3.95. The number of amides is 1.